The van der Waals surface area contributed by atoms with Crippen LogP contribution >= 0.6 is 11.3 Å². The Hall–Kier alpha value is -14.0. The summed E-state index contributed by atoms with van der Waals surface area (Å²) < 4.78 is 57.3. The first-order chi connectivity index (χ1) is 64.9. The molecule has 135 heavy (non-hydrogen) atoms. The normalized spacial score (nSPS) is 13.8. The molecule has 20 nitrogen and oxygen atoms in total. The number of halogens is 3. The van der Waals surface area contributed by atoms with Crippen molar-refractivity contribution in [3.63, 3.8) is 0 Å². The summed E-state index contributed by atoms with van der Waals surface area (Å²) in [6.45, 7) is 22.5. The van der Waals surface area contributed by atoms with E-state index in [2.05, 4.69) is 137 Å². The minimum Gasteiger partial charge on any atom is -0.394 e. The molecule has 3 aliphatic carbocycles. The van der Waals surface area contributed by atoms with Gasteiger partial charge in [-0.2, -0.15) is 5.26 Å². The van der Waals surface area contributed by atoms with Gasteiger partial charge in [0.05, 0.1) is 97.6 Å². The Labute approximate surface area is 787 Å². The monoisotopic (exact) mass is 1830 g/mol. The highest BCUT2D eigenvalue weighted by Gasteiger charge is 2.32. The molecule has 4 atom stereocenters. The number of aliphatic hydroxyl groups is 3. The number of nitriles is 1. The van der Waals surface area contributed by atoms with Crippen molar-refractivity contribution in [2.45, 2.75) is 189 Å². The SMILES string of the molecule is Cc1cc(F)cc([C@H](CO)n2cc(C3CC3)cc(Cc3ccc(-n4cnc(C)c4)c(C)c3)c2=O)c1.Cc1ccc([C@H](C)n2cc(C3CC3)cc(Cc3ccc(-n4cnc(C)c4)c(C)c3)c2=O)cc1.Cc1cn(-c2ccc(Cc3cc(C#N)cn([C@@H](CO)c4cccs4)c3=O)cc2C)cn1.Cc1cn(-c2ccc(Cc3cc(C4CC4)cn([C@@H](CO)c4cc(F)c(C)c(F)c4)c3=O)cc2C)cn1. The molecule has 24 heteroatoms. The first kappa shape index (κ1) is 94.2. The number of hydrogen-bond acceptors (Lipinski definition) is 13. The third-order valence-electron chi connectivity index (χ3n) is 25.9. The highest BCUT2D eigenvalue weighted by molar-refractivity contribution is 7.10. The smallest absolute Gasteiger partial charge is 0.254 e. The molecule has 0 radical (unpaired) electrons. The molecule has 3 N–H and O–H groups in total. The van der Waals surface area contributed by atoms with Crippen LogP contribution in [0.4, 0.5) is 13.2 Å². The topological polar surface area (TPSA) is 244 Å². The largest absolute Gasteiger partial charge is 0.394 e. The number of hydrogen-bond donors (Lipinski definition) is 3. The Balaban J connectivity index is 0.000000131. The molecule has 9 aromatic heterocycles. The van der Waals surface area contributed by atoms with Crippen molar-refractivity contribution in [1.82, 2.24) is 56.5 Å². The maximum Gasteiger partial charge on any atom is 0.254 e. The summed E-state index contributed by atoms with van der Waals surface area (Å²) in [7, 11) is 0. The average Bonchev–Trinajstić information content (AvgIpc) is 1.54. The number of rotatable bonds is 26. The van der Waals surface area contributed by atoms with Gasteiger partial charge in [0.15, 0.2) is 0 Å². The Morgan fingerprint density at radius 1 is 0.385 bits per heavy atom. The Kier molecular flexibility index (Phi) is 28.5. The molecular weight excluding hydrogens is 1720 g/mol. The number of thiophene rings is 1. The lowest BCUT2D eigenvalue weighted by molar-refractivity contribution is 0.246. The first-order valence-electron chi connectivity index (χ1n) is 45.9. The van der Waals surface area contributed by atoms with Crippen LogP contribution in [-0.4, -0.2) is 91.6 Å². The molecule has 16 aromatic rings. The van der Waals surface area contributed by atoms with Crippen molar-refractivity contribution in [2.24, 2.45) is 0 Å². The van der Waals surface area contributed by atoms with Gasteiger partial charge in [-0.15, -0.1) is 11.3 Å². The quantitative estimate of drug-likeness (QED) is 0.0458. The van der Waals surface area contributed by atoms with Crippen LogP contribution in [-0.2, 0) is 25.7 Å². The highest BCUT2D eigenvalue weighted by atomic mass is 32.1. The van der Waals surface area contributed by atoms with Crippen LogP contribution in [0.5, 0.6) is 0 Å². The minimum absolute atomic E-state index is 0.00384. The van der Waals surface area contributed by atoms with Crippen LogP contribution in [0.3, 0.4) is 0 Å². The van der Waals surface area contributed by atoms with Crippen molar-refractivity contribution in [3.05, 3.63) is 453 Å². The molecule has 3 saturated carbocycles. The Bertz CT molecular complexity index is 7310. The van der Waals surface area contributed by atoms with Crippen LogP contribution < -0.4 is 22.2 Å². The fraction of sp³-hybridized carbons (Fsp3) is 0.288. The van der Waals surface area contributed by atoms with Crippen LogP contribution in [0.25, 0.3) is 22.7 Å². The molecule has 3 aliphatic rings. The van der Waals surface area contributed by atoms with Gasteiger partial charge in [-0.1, -0.05) is 90.5 Å². The molecule has 0 amide bonds. The molecule has 19 rings (SSSR count). The van der Waals surface area contributed by atoms with Gasteiger partial charge < -0.3 is 51.9 Å². The van der Waals surface area contributed by atoms with Crippen molar-refractivity contribution >= 4 is 11.3 Å². The molecular formula is C111H112F3N13O7S. The van der Waals surface area contributed by atoms with Gasteiger partial charge in [0.25, 0.3) is 22.2 Å². The predicted molar refractivity (Wildman–Crippen MR) is 524 cm³/mol. The summed E-state index contributed by atoms with van der Waals surface area (Å²) >= 11 is 1.48. The molecule has 9 heterocycles. The van der Waals surface area contributed by atoms with Crippen molar-refractivity contribution < 1.29 is 28.5 Å². The lowest BCUT2D eigenvalue weighted by atomic mass is 9.99. The molecule has 7 aromatic carbocycles. The van der Waals surface area contributed by atoms with Gasteiger partial charge in [-0.05, 0) is 307 Å². The molecule has 0 unspecified atom stereocenters. The van der Waals surface area contributed by atoms with Gasteiger partial charge >= 0.3 is 0 Å². The van der Waals surface area contributed by atoms with Gasteiger partial charge in [0.2, 0.25) is 0 Å². The van der Waals surface area contributed by atoms with Crippen molar-refractivity contribution in [2.75, 3.05) is 19.8 Å². The average molecular weight is 1830 g/mol. The second-order valence-electron chi connectivity index (χ2n) is 36.7. The maximum absolute atomic E-state index is 14.3. The zero-order chi connectivity index (χ0) is 95.3. The summed E-state index contributed by atoms with van der Waals surface area (Å²) in [4.78, 5) is 72.2. The van der Waals surface area contributed by atoms with Gasteiger partial charge in [-0.25, -0.2) is 33.1 Å². The van der Waals surface area contributed by atoms with Gasteiger partial charge in [0, 0.05) is 131 Å². The Morgan fingerprint density at radius 2 is 0.733 bits per heavy atom. The van der Waals surface area contributed by atoms with E-state index in [0.717, 1.165) is 143 Å². The second kappa shape index (κ2) is 40.9. The highest BCUT2D eigenvalue weighted by Crippen LogP contribution is 2.43. The van der Waals surface area contributed by atoms with Crippen LogP contribution in [0.1, 0.15) is 237 Å². The second-order valence-corrected chi connectivity index (χ2v) is 37.7. The van der Waals surface area contributed by atoms with E-state index in [1.807, 2.05) is 170 Å². The van der Waals surface area contributed by atoms with Gasteiger partial charge in [0.1, 0.15) is 23.5 Å². The van der Waals surface area contributed by atoms with E-state index in [0.29, 0.717) is 71.3 Å². The van der Waals surface area contributed by atoms with E-state index in [1.165, 1.54) is 87.4 Å². The fourth-order valence-electron chi connectivity index (χ4n) is 18.1. The molecule has 0 spiro atoms. The lowest BCUT2D eigenvalue weighted by Crippen LogP contribution is -2.30. The van der Waals surface area contributed by atoms with E-state index in [-0.39, 0.29) is 58.4 Å². The molecule has 3 fully saturated rings. The van der Waals surface area contributed by atoms with Gasteiger partial charge in [-0.3, -0.25) is 19.2 Å². The first-order valence-corrected chi connectivity index (χ1v) is 46.8. The van der Waals surface area contributed by atoms with Crippen molar-refractivity contribution in [3.8, 4) is 28.8 Å². The number of aliphatic hydroxyl groups excluding tert-OH is 3. The maximum atomic E-state index is 14.3. The number of pyridine rings is 4. The molecule has 0 aliphatic heterocycles. The summed E-state index contributed by atoms with van der Waals surface area (Å²) in [6.07, 6.45) is 31.1. The zero-order valence-corrected chi connectivity index (χ0v) is 79.0. The standard InChI is InChI=1S/C29H29F2N3O2.C29H30FN3O2.C29H31N3O.C24H22N4O2S/c1-17-8-20(4-7-27(17)33-13-18(2)32-16-33)9-23-10-24(21-5-6-21)14-34(29(23)36)28(15-35)22-11-25(30)19(3)26(31)12-22;1-18-8-23(13-26(30)9-18)28(16-34)33-15-25(22-5-6-22)12-24(29(33)35)11-21-4-7-27(19(2)10-21)32-14-20(3)31-17-32;1-19-5-8-24(9-6-19)22(4)32-17-27(25-10-11-25)15-26(29(32)33)14-23-7-12-28(20(2)13-23)31-16-21(3)30-18-31;1-16-8-18(5-6-21(16)27-12-17(2)26-15-27)9-20-10-19(11-25)13-28(24(20)30)22(14-29)23-4-3-7-31-23/h4,7-8,10-14,16,21,28,35H,5-6,9,15H2,1-3H3;4,7-10,12-15,17,22,28,34H,5-6,11,16H2,1-3H3;5-9,12-13,15-18,22,25H,10-11,14H2,1-4H3;3-8,10,12-13,15,22,29H,9,14H2,1-2H3/t2*28-;2*22-/m0000/s1. The fourth-order valence-corrected chi connectivity index (χ4v) is 18.9. The minimum atomic E-state index is -0.881. The molecule has 0 saturated heterocycles. The summed E-state index contributed by atoms with van der Waals surface area (Å²) in [5, 5.41) is 41.8. The van der Waals surface area contributed by atoms with E-state index >= 15 is 0 Å². The third kappa shape index (κ3) is 22.0. The molecule has 690 valence electrons. The summed E-state index contributed by atoms with van der Waals surface area (Å²) in [5.74, 6) is -0.377. The number of aryl methyl sites for hydroxylation is 10. The summed E-state index contributed by atoms with van der Waals surface area (Å²) in [6, 6.07) is 52.1. The van der Waals surface area contributed by atoms with E-state index in [1.54, 1.807) is 35.8 Å². The predicted octanol–water partition coefficient (Wildman–Crippen LogP) is 20.2. The molecule has 0 bridgehead atoms. The van der Waals surface area contributed by atoms with Crippen molar-refractivity contribution in [1.29, 1.82) is 5.26 Å². The van der Waals surface area contributed by atoms with E-state index < -0.39 is 36.4 Å². The van der Waals surface area contributed by atoms with Crippen LogP contribution in [0, 0.1) is 105 Å². The lowest BCUT2D eigenvalue weighted by Gasteiger charge is -2.21. The zero-order valence-electron chi connectivity index (χ0n) is 78.2. The van der Waals surface area contributed by atoms with Crippen LogP contribution in [0.15, 0.2) is 263 Å². The Morgan fingerprint density at radius 3 is 1.05 bits per heavy atom. The number of aromatic nitrogens is 12. The number of benzene rings is 7. The van der Waals surface area contributed by atoms with E-state index in [4.69, 9.17) is 0 Å². The van der Waals surface area contributed by atoms with Crippen LogP contribution in [0.2, 0.25) is 0 Å². The number of imidazole rings is 4. The summed E-state index contributed by atoms with van der Waals surface area (Å²) in [5.41, 5.74) is 26.5. The van der Waals surface area contributed by atoms with E-state index in [9.17, 15) is 52.9 Å². The third-order valence-corrected chi connectivity index (χ3v) is 26.9. The number of nitrogens with zero attached hydrogens (tertiary/aromatic N) is 13.